The van der Waals surface area contributed by atoms with Crippen LogP contribution in [0.2, 0.25) is 0 Å². The van der Waals surface area contributed by atoms with Gasteiger partial charge in [0, 0.05) is 19.0 Å². The van der Waals surface area contributed by atoms with Crippen molar-refractivity contribution in [3.63, 3.8) is 0 Å². The third kappa shape index (κ3) is 3.80. The van der Waals surface area contributed by atoms with Gasteiger partial charge in [0.25, 0.3) is 5.88 Å². The monoisotopic (exact) mass is 296 g/mol. The molecular weight excluding hydrogens is 275 g/mol. The number of hydrogen-bond acceptors (Lipinski definition) is 4. The molecule has 7 heteroatoms. The van der Waals surface area contributed by atoms with E-state index >= 15 is 0 Å². The Morgan fingerprint density at radius 3 is 3.00 bits per heavy atom. The molecule has 0 saturated carbocycles. The highest BCUT2D eigenvalue weighted by Crippen LogP contribution is 2.21. The maximum absolute atomic E-state index is 14.0. The summed E-state index contributed by atoms with van der Waals surface area (Å²) in [5, 5.41) is 2.83. The third-order valence-electron chi connectivity index (χ3n) is 3.29. The lowest BCUT2D eigenvalue weighted by molar-refractivity contribution is 0.176. The molecule has 6 nitrogen and oxygen atoms in total. The molecule has 1 saturated heterocycles. The number of urea groups is 1. The summed E-state index contributed by atoms with van der Waals surface area (Å²) in [7, 11) is 0. The number of halogens is 1. The smallest absolute Gasteiger partial charge is 0.317 e. The first-order chi connectivity index (χ1) is 10.0. The first kappa shape index (κ1) is 15.5. The molecule has 1 aromatic rings. The highest BCUT2D eigenvalue weighted by molar-refractivity contribution is 5.74. The van der Waals surface area contributed by atoms with Crippen LogP contribution in [0.25, 0.3) is 0 Å². The average molecular weight is 296 g/mol. The highest BCUT2D eigenvalue weighted by Gasteiger charge is 2.29. The molecule has 1 fully saturated rings. The first-order valence-electron chi connectivity index (χ1n) is 7.22. The molecule has 116 valence electrons. The van der Waals surface area contributed by atoms with Crippen molar-refractivity contribution < 1.29 is 13.9 Å². The fraction of sp³-hybridized carbons (Fsp3) is 0.643. The van der Waals surface area contributed by atoms with E-state index in [4.69, 9.17) is 4.74 Å². The minimum atomic E-state index is -0.509. The second-order valence-corrected chi connectivity index (χ2v) is 5.37. The Kier molecular flexibility index (Phi) is 4.93. The van der Waals surface area contributed by atoms with Crippen LogP contribution in [-0.2, 0) is 6.42 Å². The minimum absolute atomic E-state index is 0.0297. The second kappa shape index (κ2) is 6.69. The molecule has 0 spiro atoms. The Hall–Kier alpha value is -1.92. The van der Waals surface area contributed by atoms with E-state index in [1.165, 1.54) is 6.33 Å². The molecule has 0 aliphatic carbocycles. The number of carbonyl (C=O) groups is 1. The van der Waals surface area contributed by atoms with E-state index in [0.717, 1.165) is 0 Å². The maximum Gasteiger partial charge on any atom is 0.317 e. The summed E-state index contributed by atoms with van der Waals surface area (Å²) in [4.78, 5) is 21.3. The summed E-state index contributed by atoms with van der Waals surface area (Å²) in [5.41, 5.74) is 0.340. The number of nitrogens with one attached hydrogen (secondary N) is 1. The molecule has 1 aliphatic heterocycles. The predicted octanol–water partition coefficient (Wildman–Crippen LogP) is 1.75. The summed E-state index contributed by atoms with van der Waals surface area (Å²) in [6.45, 7) is 6.66. The van der Waals surface area contributed by atoms with Crippen molar-refractivity contribution in [2.24, 2.45) is 0 Å². The Balaban J connectivity index is 1.95. The van der Waals surface area contributed by atoms with E-state index in [1.807, 2.05) is 20.8 Å². The minimum Gasteiger partial charge on any atom is -0.470 e. The molecule has 0 aromatic carbocycles. The van der Waals surface area contributed by atoms with Crippen molar-refractivity contribution in [1.29, 1.82) is 0 Å². The number of hydrogen-bond donors (Lipinski definition) is 1. The van der Waals surface area contributed by atoms with Crippen LogP contribution in [0.4, 0.5) is 9.18 Å². The van der Waals surface area contributed by atoms with Gasteiger partial charge in [-0.3, -0.25) is 0 Å². The fourth-order valence-electron chi connectivity index (χ4n) is 2.22. The molecule has 1 N–H and O–H groups in total. The normalized spacial score (nSPS) is 18.1. The number of likely N-dealkylation sites (tertiary alicyclic amines) is 1. The largest absolute Gasteiger partial charge is 0.470 e. The zero-order chi connectivity index (χ0) is 15.4. The number of ether oxygens (including phenoxy) is 1. The van der Waals surface area contributed by atoms with Gasteiger partial charge >= 0.3 is 6.03 Å². The zero-order valence-corrected chi connectivity index (χ0v) is 12.6. The molecule has 1 atom stereocenters. The van der Waals surface area contributed by atoms with Gasteiger partial charge in [0.1, 0.15) is 12.4 Å². The van der Waals surface area contributed by atoms with E-state index in [-0.39, 0.29) is 24.1 Å². The van der Waals surface area contributed by atoms with Crippen LogP contribution in [0, 0.1) is 5.82 Å². The van der Waals surface area contributed by atoms with Gasteiger partial charge in [0.05, 0.1) is 12.2 Å². The van der Waals surface area contributed by atoms with Crippen LogP contribution in [0.3, 0.4) is 0 Å². The van der Waals surface area contributed by atoms with Crippen LogP contribution < -0.4 is 10.1 Å². The number of aromatic nitrogens is 2. The summed E-state index contributed by atoms with van der Waals surface area (Å²) < 4.78 is 19.6. The molecule has 0 bridgehead atoms. The molecule has 2 heterocycles. The van der Waals surface area contributed by atoms with Gasteiger partial charge in [0.15, 0.2) is 0 Å². The van der Waals surface area contributed by atoms with Crippen LogP contribution >= 0.6 is 0 Å². The number of aryl methyl sites for hydroxylation is 1. The van der Waals surface area contributed by atoms with E-state index in [0.29, 0.717) is 31.6 Å². The number of amides is 2. The number of carbonyl (C=O) groups excluding carboxylic acids is 1. The second-order valence-electron chi connectivity index (χ2n) is 5.37. The molecule has 1 aliphatic rings. The lowest BCUT2D eigenvalue weighted by Crippen LogP contribution is -2.42. The van der Waals surface area contributed by atoms with Crippen molar-refractivity contribution in [3.05, 3.63) is 17.8 Å². The van der Waals surface area contributed by atoms with Gasteiger partial charge in [-0.1, -0.05) is 6.92 Å². The van der Waals surface area contributed by atoms with Gasteiger partial charge < -0.3 is 15.0 Å². The average Bonchev–Trinajstić information content (AvgIpc) is 2.89. The van der Waals surface area contributed by atoms with E-state index in [9.17, 15) is 9.18 Å². The maximum atomic E-state index is 14.0. The van der Waals surface area contributed by atoms with Crippen LogP contribution in [0.15, 0.2) is 6.33 Å². The van der Waals surface area contributed by atoms with Crippen LogP contribution in [0.1, 0.15) is 32.9 Å². The Labute approximate surface area is 123 Å². The SMILES string of the molecule is CCc1ncnc(O[C@@H]2CCN(C(=O)NC(C)C)C2)c1F. The van der Waals surface area contributed by atoms with Crippen LogP contribution in [-0.4, -0.2) is 46.1 Å². The zero-order valence-electron chi connectivity index (χ0n) is 12.6. The molecule has 0 unspecified atom stereocenters. The number of rotatable bonds is 4. The fourth-order valence-corrected chi connectivity index (χ4v) is 2.22. The third-order valence-corrected chi connectivity index (χ3v) is 3.29. The summed E-state index contributed by atoms with van der Waals surface area (Å²) in [6.07, 6.45) is 2.21. The van der Waals surface area contributed by atoms with Gasteiger partial charge in [-0.2, -0.15) is 9.37 Å². The Morgan fingerprint density at radius 1 is 1.57 bits per heavy atom. The quantitative estimate of drug-likeness (QED) is 0.919. The molecule has 1 aromatic heterocycles. The van der Waals surface area contributed by atoms with Gasteiger partial charge in [0.2, 0.25) is 5.82 Å². The predicted molar refractivity (Wildman–Crippen MR) is 75.6 cm³/mol. The molecule has 2 amide bonds. The van der Waals surface area contributed by atoms with Crippen molar-refractivity contribution >= 4 is 6.03 Å². The summed E-state index contributed by atoms with van der Waals surface area (Å²) in [5.74, 6) is -0.539. The summed E-state index contributed by atoms with van der Waals surface area (Å²) >= 11 is 0. The summed E-state index contributed by atoms with van der Waals surface area (Å²) in [6, 6.07) is -0.0302. The first-order valence-corrected chi connectivity index (χ1v) is 7.22. The van der Waals surface area contributed by atoms with Gasteiger partial charge in [-0.05, 0) is 20.3 Å². The van der Waals surface area contributed by atoms with Crippen molar-refractivity contribution in [1.82, 2.24) is 20.2 Å². The lowest BCUT2D eigenvalue weighted by atomic mass is 10.3. The standard InChI is InChI=1S/C14H21FN4O2/c1-4-11-12(15)13(17-8-16-11)21-10-5-6-19(7-10)14(20)18-9(2)3/h8-10H,4-7H2,1-3H3,(H,18,20)/t10-/m1/s1. The van der Waals surface area contributed by atoms with E-state index < -0.39 is 5.82 Å². The van der Waals surface area contributed by atoms with Crippen molar-refractivity contribution in [2.75, 3.05) is 13.1 Å². The highest BCUT2D eigenvalue weighted by atomic mass is 19.1. The van der Waals surface area contributed by atoms with Gasteiger partial charge in [-0.25, -0.2) is 9.78 Å². The number of nitrogens with zero attached hydrogens (tertiary/aromatic N) is 3. The van der Waals surface area contributed by atoms with E-state index in [2.05, 4.69) is 15.3 Å². The van der Waals surface area contributed by atoms with Crippen LogP contribution in [0.5, 0.6) is 5.88 Å². The van der Waals surface area contributed by atoms with Crippen molar-refractivity contribution in [2.45, 2.75) is 45.8 Å². The van der Waals surface area contributed by atoms with E-state index in [1.54, 1.807) is 4.90 Å². The topological polar surface area (TPSA) is 67.4 Å². The molecule has 2 rings (SSSR count). The van der Waals surface area contributed by atoms with Crippen molar-refractivity contribution in [3.8, 4) is 5.88 Å². The Morgan fingerprint density at radius 2 is 2.33 bits per heavy atom. The lowest BCUT2D eigenvalue weighted by Gasteiger charge is -2.19. The van der Waals surface area contributed by atoms with Gasteiger partial charge in [-0.15, -0.1) is 0 Å². The molecular formula is C14H21FN4O2. The molecule has 21 heavy (non-hydrogen) atoms. The Bertz CT molecular complexity index is 510. The molecule has 0 radical (unpaired) electrons.